The van der Waals surface area contributed by atoms with Crippen LogP contribution in [0.1, 0.15) is 33.6 Å². The summed E-state index contributed by atoms with van der Waals surface area (Å²) >= 11 is 0. The number of hydrogen-bond donors (Lipinski definition) is 3. The van der Waals surface area contributed by atoms with E-state index in [1.807, 2.05) is 0 Å². The van der Waals surface area contributed by atoms with Gasteiger partial charge in [0.05, 0.1) is 18.4 Å². The van der Waals surface area contributed by atoms with Gasteiger partial charge in [0.15, 0.2) is 5.96 Å². The fourth-order valence-corrected chi connectivity index (χ4v) is 5.01. The average molecular weight is 434 g/mol. The normalized spacial score (nSPS) is 27.6. The summed E-state index contributed by atoms with van der Waals surface area (Å²) in [6.07, 6.45) is 5.49. The summed E-state index contributed by atoms with van der Waals surface area (Å²) in [4.78, 5) is 42.9. The van der Waals surface area contributed by atoms with E-state index in [2.05, 4.69) is 46.9 Å². The number of imide groups is 1. The molecule has 3 rings (SSSR count). The van der Waals surface area contributed by atoms with Gasteiger partial charge in [-0.3, -0.25) is 19.5 Å². The molecule has 31 heavy (non-hydrogen) atoms. The first-order valence-corrected chi connectivity index (χ1v) is 11.3. The van der Waals surface area contributed by atoms with Gasteiger partial charge in [-0.2, -0.15) is 0 Å². The van der Waals surface area contributed by atoms with Gasteiger partial charge in [0, 0.05) is 32.7 Å². The molecule has 2 aliphatic carbocycles. The lowest BCUT2D eigenvalue weighted by molar-refractivity contribution is -0.140. The highest BCUT2D eigenvalue weighted by atomic mass is 16.5. The Labute approximate surface area is 184 Å². The molecule has 172 valence electrons. The highest BCUT2D eigenvalue weighted by Gasteiger charge is 2.58. The predicted octanol–water partition coefficient (Wildman–Crippen LogP) is 1.12. The van der Waals surface area contributed by atoms with Gasteiger partial charge in [-0.25, -0.2) is 4.79 Å². The summed E-state index contributed by atoms with van der Waals surface area (Å²) < 4.78 is 4.98. The summed E-state index contributed by atoms with van der Waals surface area (Å²) in [6, 6.07) is -0.110. The van der Waals surface area contributed by atoms with E-state index >= 15 is 0 Å². The van der Waals surface area contributed by atoms with Crippen molar-refractivity contribution < 1.29 is 19.1 Å². The van der Waals surface area contributed by atoms with E-state index in [0.29, 0.717) is 38.1 Å². The van der Waals surface area contributed by atoms with Gasteiger partial charge < -0.3 is 20.7 Å². The molecular formula is C22H35N5O4. The number of nitrogens with zero attached hydrogens (tertiary/aromatic N) is 2. The maximum atomic E-state index is 12.8. The molecule has 5 atom stereocenters. The molecule has 3 N–H and O–H groups in total. The van der Waals surface area contributed by atoms with Crippen molar-refractivity contribution in [3.63, 3.8) is 0 Å². The molecule has 3 amide bonds. The standard InChI is InChI=1S/C22H35N5O4/c1-5-31-22(30)26-16(10-13(2)3)12-25-21(23-4)24-8-9-27-19(28)17-14-6-7-15(11-14)18(17)20(27)29/h6-7,13-18H,5,8-12H2,1-4H3,(H,26,30)(H2,23,24,25). The zero-order chi connectivity index (χ0) is 22.5. The van der Waals surface area contributed by atoms with Crippen molar-refractivity contribution in [1.29, 1.82) is 0 Å². The van der Waals surface area contributed by atoms with Gasteiger partial charge in [-0.1, -0.05) is 26.0 Å². The van der Waals surface area contributed by atoms with Crippen molar-refractivity contribution in [3.05, 3.63) is 12.2 Å². The van der Waals surface area contributed by atoms with E-state index in [1.165, 1.54) is 4.90 Å². The molecule has 1 heterocycles. The molecule has 0 aromatic rings. The molecule has 0 aromatic heterocycles. The topological polar surface area (TPSA) is 112 Å². The minimum atomic E-state index is -0.432. The lowest BCUT2D eigenvalue weighted by Gasteiger charge is -2.22. The third-order valence-corrected chi connectivity index (χ3v) is 6.28. The number of hydrogen-bond acceptors (Lipinski definition) is 5. The molecule has 1 aliphatic heterocycles. The highest BCUT2D eigenvalue weighted by molar-refractivity contribution is 6.06. The number of ether oxygens (including phenoxy) is 1. The molecule has 1 saturated carbocycles. The van der Waals surface area contributed by atoms with Crippen LogP contribution in [-0.2, 0) is 14.3 Å². The Bertz CT molecular complexity index is 720. The lowest BCUT2D eigenvalue weighted by Crippen LogP contribution is -2.49. The first kappa shape index (κ1) is 23.1. The van der Waals surface area contributed by atoms with Crippen molar-refractivity contribution in [1.82, 2.24) is 20.9 Å². The third kappa shape index (κ3) is 5.19. The second-order valence-corrected chi connectivity index (χ2v) is 8.90. The Morgan fingerprint density at radius 3 is 2.39 bits per heavy atom. The monoisotopic (exact) mass is 433 g/mol. The van der Waals surface area contributed by atoms with Crippen LogP contribution in [0.15, 0.2) is 17.1 Å². The quantitative estimate of drug-likeness (QED) is 0.217. The summed E-state index contributed by atoms with van der Waals surface area (Å²) in [7, 11) is 1.66. The largest absolute Gasteiger partial charge is 0.450 e. The van der Waals surface area contributed by atoms with E-state index in [-0.39, 0.29) is 41.5 Å². The molecule has 0 aromatic carbocycles. The summed E-state index contributed by atoms with van der Waals surface area (Å²) in [5.74, 6) is 1.02. The van der Waals surface area contributed by atoms with Crippen LogP contribution in [0.25, 0.3) is 0 Å². The number of rotatable bonds is 9. The Kier molecular flexibility index (Phi) is 7.56. The van der Waals surface area contributed by atoms with E-state index < -0.39 is 6.09 Å². The van der Waals surface area contributed by atoms with Crippen molar-refractivity contribution in [2.24, 2.45) is 34.6 Å². The van der Waals surface area contributed by atoms with Crippen molar-refractivity contribution in [2.75, 3.05) is 33.3 Å². The van der Waals surface area contributed by atoms with Crippen molar-refractivity contribution in [3.8, 4) is 0 Å². The first-order valence-electron chi connectivity index (χ1n) is 11.3. The van der Waals surface area contributed by atoms with Crippen LogP contribution >= 0.6 is 0 Å². The number of amides is 3. The SMILES string of the molecule is CCOC(=O)NC(CNC(=NC)NCCN1C(=O)C2C3C=CC(C3)C2C1=O)CC(C)C. The van der Waals surface area contributed by atoms with E-state index in [1.54, 1.807) is 14.0 Å². The smallest absolute Gasteiger partial charge is 0.407 e. The second kappa shape index (κ2) is 10.2. The molecule has 2 bridgehead atoms. The Morgan fingerprint density at radius 2 is 1.84 bits per heavy atom. The first-order chi connectivity index (χ1) is 14.8. The minimum absolute atomic E-state index is 0.0350. The number of alkyl carbamates (subject to hydrolysis) is 1. The summed E-state index contributed by atoms with van der Waals surface area (Å²) in [6.45, 7) is 7.50. The second-order valence-electron chi connectivity index (χ2n) is 8.90. The molecule has 0 spiro atoms. The van der Waals surface area contributed by atoms with Gasteiger partial charge in [0.1, 0.15) is 0 Å². The van der Waals surface area contributed by atoms with Crippen LogP contribution in [0, 0.1) is 29.6 Å². The van der Waals surface area contributed by atoms with Gasteiger partial charge in [0.25, 0.3) is 0 Å². The molecule has 3 aliphatic rings. The number of nitrogens with one attached hydrogen (secondary N) is 3. The number of fused-ring (bicyclic) bond motifs is 5. The molecular weight excluding hydrogens is 398 g/mol. The Morgan fingerprint density at radius 1 is 1.19 bits per heavy atom. The maximum absolute atomic E-state index is 12.8. The predicted molar refractivity (Wildman–Crippen MR) is 117 cm³/mol. The fraction of sp³-hybridized carbons (Fsp3) is 0.727. The molecule has 5 unspecified atom stereocenters. The Hall–Kier alpha value is -2.58. The molecule has 9 heteroatoms. The molecule has 9 nitrogen and oxygen atoms in total. The van der Waals surface area contributed by atoms with Crippen LogP contribution in [0.4, 0.5) is 4.79 Å². The lowest BCUT2D eigenvalue weighted by atomic mass is 9.85. The van der Waals surface area contributed by atoms with Gasteiger partial charge >= 0.3 is 6.09 Å². The van der Waals surface area contributed by atoms with Crippen molar-refractivity contribution in [2.45, 2.75) is 39.7 Å². The number of allylic oxidation sites excluding steroid dienone is 2. The highest BCUT2D eigenvalue weighted by Crippen LogP contribution is 2.52. The number of aliphatic imine (C=N–C) groups is 1. The van der Waals surface area contributed by atoms with Crippen LogP contribution in [0.2, 0.25) is 0 Å². The number of likely N-dealkylation sites (tertiary alicyclic amines) is 1. The Balaban J connectivity index is 1.45. The van der Waals surface area contributed by atoms with Gasteiger partial charge in [0.2, 0.25) is 11.8 Å². The third-order valence-electron chi connectivity index (χ3n) is 6.28. The number of carbonyl (C=O) groups is 3. The molecule has 1 saturated heterocycles. The van der Waals surface area contributed by atoms with E-state index in [4.69, 9.17) is 4.74 Å². The number of guanidine groups is 1. The number of carbonyl (C=O) groups excluding carboxylic acids is 3. The minimum Gasteiger partial charge on any atom is -0.450 e. The van der Waals surface area contributed by atoms with E-state index in [0.717, 1.165) is 12.8 Å². The van der Waals surface area contributed by atoms with Crippen molar-refractivity contribution >= 4 is 23.9 Å². The van der Waals surface area contributed by atoms with Crippen LogP contribution in [-0.4, -0.2) is 68.1 Å². The molecule has 0 radical (unpaired) electrons. The van der Waals surface area contributed by atoms with E-state index in [9.17, 15) is 14.4 Å². The average Bonchev–Trinajstić information content (AvgIpc) is 3.39. The van der Waals surface area contributed by atoms with Crippen LogP contribution in [0.5, 0.6) is 0 Å². The molecule has 2 fully saturated rings. The van der Waals surface area contributed by atoms with Crippen LogP contribution < -0.4 is 16.0 Å². The maximum Gasteiger partial charge on any atom is 0.407 e. The van der Waals surface area contributed by atoms with Crippen LogP contribution in [0.3, 0.4) is 0 Å². The van der Waals surface area contributed by atoms with Gasteiger partial charge in [-0.15, -0.1) is 0 Å². The zero-order valence-electron chi connectivity index (χ0n) is 18.9. The summed E-state index contributed by atoms with van der Waals surface area (Å²) in [5, 5.41) is 9.23. The summed E-state index contributed by atoms with van der Waals surface area (Å²) in [5.41, 5.74) is 0. The zero-order valence-corrected chi connectivity index (χ0v) is 18.9. The van der Waals surface area contributed by atoms with Gasteiger partial charge in [-0.05, 0) is 37.5 Å². The fourth-order valence-electron chi connectivity index (χ4n) is 5.01.